The van der Waals surface area contributed by atoms with Crippen LogP contribution in [0.25, 0.3) is 0 Å². The lowest BCUT2D eigenvalue weighted by Gasteiger charge is -2.30. The van der Waals surface area contributed by atoms with Gasteiger partial charge in [-0.15, -0.1) is 0 Å². The summed E-state index contributed by atoms with van der Waals surface area (Å²) in [5, 5.41) is 20.5. The molecule has 1 aliphatic heterocycles. The SMILES string of the molecule is CC(C)c1ccc(N2CCCC2)c(N([O-])O)c1. The number of hydrogen-bond donors (Lipinski definition) is 1. The van der Waals surface area contributed by atoms with Crippen LogP contribution in [0.4, 0.5) is 11.4 Å². The molecule has 17 heavy (non-hydrogen) atoms. The van der Waals surface area contributed by atoms with Gasteiger partial charge in [-0.25, -0.2) is 0 Å². The second-order valence-corrected chi connectivity index (χ2v) is 4.87. The van der Waals surface area contributed by atoms with E-state index in [2.05, 4.69) is 18.7 Å². The molecule has 1 aromatic carbocycles. The monoisotopic (exact) mass is 235 g/mol. The Hall–Kier alpha value is -1.26. The summed E-state index contributed by atoms with van der Waals surface area (Å²) in [6, 6.07) is 5.76. The minimum Gasteiger partial charge on any atom is -0.733 e. The van der Waals surface area contributed by atoms with Gasteiger partial charge in [-0.1, -0.05) is 19.9 Å². The first-order valence-corrected chi connectivity index (χ1v) is 6.14. The van der Waals surface area contributed by atoms with Crippen molar-refractivity contribution < 1.29 is 5.21 Å². The summed E-state index contributed by atoms with van der Waals surface area (Å²) in [5.74, 6) is 0.348. The number of rotatable bonds is 3. The van der Waals surface area contributed by atoms with Gasteiger partial charge >= 0.3 is 0 Å². The minimum atomic E-state index is -0.0144. The van der Waals surface area contributed by atoms with Crippen molar-refractivity contribution in [2.45, 2.75) is 32.6 Å². The first-order valence-electron chi connectivity index (χ1n) is 6.14. The Labute approximate surface area is 102 Å². The summed E-state index contributed by atoms with van der Waals surface area (Å²) >= 11 is 0. The van der Waals surface area contributed by atoms with Gasteiger partial charge in [0.1, 0.15) is 0 Å². The van der Waals surface area contributed by atoms with Crippen molar-refractivity contribution in [2.24, 2.45) is 0 Å². The Morgan fingerprint density at radius 1 is 1.29 bits per heavy atom. The maximum absolute atomic E-state index is 11.2. The van der Waals surface area contributed by atoms with Crippen LogP contribution in [-0.2, 0) is 0 Å². The van der Waals surface area contributed by atoms with Gasteiger partial charge in [0.2, 0.25) is 0 Å². The maximum atomic E-state index is 11.2. The zero-order chi connectivity index (χ0) is 12.4. The molecule has 1 saturated heterocycles. The van der Waals surface area contributed by atoms with Crippen LogP contribution in [0.5, 0.6) is 0 Å². The standard InChI is InChI=1S/C13H19N2O2/c1-10(2)11-5-6-12(13(9-11)15(16)17)14-7-3-4-8-14/h5-6,9-10,16H,3-4,7-8H2,1-2H3/q-1. The molecule has 0 unspecified atom stereocenters. The highest BCUT2D eigenvalue weighted by molar-refractivity contribution is 5.72. The Morgan fingerprint density at radius 2 is 1.94 bits per heavy atom. The van der Waals surface area contributed by atoms with Gasteiger partial charge in [0, 0.05) is 13.1 Å². The molecule has 1 N–H and O–H groups in total. The average Bonchev–Trinajstić information content (AvgIpc) is 2.81. The Bertz CT molecular complexity index is 385. The van der Waals surface area contributed by atoms with Crippen LogP contribution in [0.3, 0.4) is 0 Å². The zero-order valence-electron chi connectivity index (χ0n) is 10.4. The third-order valence-electron chi connectivity index (χ3n) is 3.32. The topological polar surface area (TPSA) is 49.8 Å². The first-order chi connectivity index (χ1) is 8.09. The van der Waals surface area contributed by atoms with Crippen LogP contribution in [0, 0.1) is 5.21 Å². The molecule has 1 heterocycles. The predicted octanol–water partition coefficient (Wildman–Crippen LogP) is 3.10. The molecule has 0 radical (unpaired) electrons. The van der Waals surface area contributed by atoms with Crippen molar-refractivity contribution in [1.29, 1.82) is 0 Å². The van der Waals surface area contributed by atoms with Crippen LogP contribution >= 0.6 is 0 Å². The fourth-order valence-corrected chi connectivity index (χ4v) is 2.28. The van der Waals surface area contributed by atoms with Gasteiger partial charge in [0.25, 0.3) is 0 Å². The second kappa shape index (κ2) is 4.94. The van der Waals surface area contributed by atoms with E-state index >= 15 is 0 Å². The highest BCUT2D eigenvalue weighted by Crippen LogP contribution is 2.33. The lowest BCUT2D eigenvalue weighted by molar-refractivity contribution is 0.296. The van der Waals surface area contributed by atoms with E-state index in [1.807, 2.05) is 12.1 Å². The van der Waals surface area contributed by atoms with E-state index < -0.39 is 0 Å². The number of nitrogens with zero attached hydrogens (tertiary/aromatic N) is 2. The van der Waals surface area contributed by atoms with E-state index in [1.54, 1.807) is 6.07 Å². The lowest BCUT2D eigenvalue weighted by atomic mass is 10.0. The smallest absolute Gasteiger partial charge is 0.0745 e. The lowest BCUT2D eigenvalue weighted by Crippen LogP contribution is -2.21. The molecule has 1 aliphatic rings. The molecule has 0 saturated carbocycles. The van der Waals surface area contributed by atoms with Gasteiger partial charge in [0.15, 0.2) is 0 Å². The number of anilines is 2. The normalized spacial score (nSPS) is 15.7. The van der Waals surface area contributed by atoms with Crippen molar-refractivity contribution in [3.05, 3.63) is 29.0 Å². The largest absolute Gasteiger partial charge is 0.733 e. The van der Waals surface area contributed by atoms with Crippen LogP contribution in [0.2, 0.25) is 0 Å². The van der Waals surface area contributed by atoms with Crippen molar-refractivity contribution in [1.82, 2.24) is 0 Å². The molecule has 94 valence electrons. The van der Waals surface area contributed by atoms with E-state index in [0.29, 0.717) is 11.6 Å². The van der Waals surface area contributed by atoms with Crippen molar-refractivity contribution in [3.8, 4) is 0 Å². The van der Waals surface area contributed by atoms with Crippen molar-refractivity contribution >= 4 is 11.4 Å². The zero-order valence-corrected chi connectivity index (χ0v) is 10.4. The molecular weight excluding hydrogens is 216 g/mol. The van der Waals surface area contributed by atoms with Crippen LogP contribution < -0.4 is 10.1 Å². The summed E-state index contributed by atoms with van der Waals surface area (Å²) in [7, 11) is 0. The molecule has 0 aliphatic carbocycles. The molecule has 0 amide bonds. The Morgan fingerprint density at radius 3 is 2.47 bits per heavy atom. The number of benzene rings is 1. The fourth-order valence-electron chi connectivity index (χ4n) is 2.28. The minimum absolute atomic E-state index is 0.0144. The molecule has 0 spiro atoms. The molecule has 0 aromatic heterocycles. The van der Waals surface area contributed by atoms with Gasteiger partial charge < -0.3 is 15.3 Å². The molecule has 2 rings (SSSR count). The van der Waals surface area contributed by atoms with E-state index in [0.717, 1.165) is 37.2 Å². The summed E-state index contributed by atoms with van der Waals surface area (Å²) in [6.45, 7) is 6.06. The highest BCUT2D eigenvalue weighted by atomic mass is 16.8. The Balaban J connectivity index is 2.37. The molecule has 0 bridgehead atoms. The van der Waals surface area contributed by atoms with E-state index in [1.165, 1.54) is 0 Å². The molecule has 1 fully saturated rings. The summed E-state index contributed by atoms with van der Waals surface area (Å²) in [4.78, 5) is 2.15. The molecular formula is C13H19N2O2-. The maximum Gasteiger partial charge on any atom is 0.0745 e. The van der Waals surface area contributed by atoms with Gasteiger partial charge in [-0.2, -0.15) is 0 Å². The summed E-state index contributed by atoms with van der Waals surface area (Å²) < 4.78 is 0. The summed E-state index contributed by atoms with van der Waals surface area (Å²) in [6.07, 6.45) is 2.30. The molecule has 0 atom stereocenters. The van der Waals surface area contributed by atoms with Crippen molar-refractivity contribution in [2.75, 3.05) is 23.2 Å². The van der Waals surface area contributed by atoms with E-state index in [4.69, 9.17) is 0 Å². The van der Waals surface area contributed by atoms with E-state index in [-0.39, 0.29) is 5.23 Å². The van der Waals surface area contributed by atoms with Gasteiger partial charge in [0.05, 0.1) is 11.4 Å². The van der Waals surface area contributed by atoms with Crippen molar-refractivity contribution in [3.63, 3.8) is 0 Å². The van der Waals surface area contributed by atoms with Crippen LogP contribution in [0.15, 0.2) is 18.2 Å². The summed E-state index contributed by atoms with van der Waals surface area (Å²) in [5.41, 5.74) is 2.26. The average molecular weight is 235 g/mol. The van der Waals surface area contributed by atoms with Crippen LogP contribution in [0.1, 0.15) is 38.2 Å². The third kappa shape index (κ3) is 2.53. The molecule has 4 nitrogen and oxygen atoms in total. The second-order valence-electron chi connectivity index (χ2n) is 4.87. The molecule has 4 heteroatoms. The third-order valence-corrected chi connectivity index (χ3v) is 3.32. The quantitative estimate of drug-likeness (QED) is 0.818. The molecule has 1 aromatic rings. The fraction of sp³-hybridized carbons (Fsp3) is 0.538. The highest BCUT2D eigenvalue weighted by Gasteiger charge is 2.17. The Kier molecular flexibility index (Phi) is 3.54. The number of hydrogen-bond acceptors (Lipinski definition) is 4. The van der Waals surface area contributed by atoms with Gasteiger partial charge in [-0.05, 0) is 36.5 Å². The van der Waals surface area contributed by atoms with Crippen LogP contribution in [-0.4, -0.2) is 18.3 Å². The van der Waals surface area contributed by atoms with E-state index in [9.17, 15) is 10.4 Å². The first kappa shape index (κ1) is 12.2. The predicted molar refractivity (Wildman–Crippen MR) is 69.6 cm³/mol. The van der Waals surface area contributed by atoms with Gasteiger partial charge in [-0.3, -0.25) is 5.21 Å².